The first-order chi connectivity index (χ1) is 12.3. The third-order valence-corrected chi connectivity index (χ3v) is 4.56. The van der Waals surface area contributed by atoms with Crippen LogP contribution in [0.3, 0.4) is 0 Å². The summed E-state index contributed by atoms with van der Waals surface area (Å²) in [5.41, 5.74) is 5.51. The topological polar surface area (TPSA) is 32.3 Å². The highest BCUT2D eigenvalue weighted by Gasteiger charge is 2.22. The van der Waals surface area contributed by atoms with E-state index in [0.29, 0.717) is 6.42 Å². The van der Waals surface area contributed by atoms with E-state index in [4.69, 9.17) is 0 Å². The van der Waals surface area contributed by atoms with E-state index in [-0.39, 0.29) is 5.91 Å². The van der Waals surface area contributed by atoms with Crippen molar-refractivity contribution in [1.82, 2.24) is 0 Å². The summed E-state index contributed by atoms with van der Waals surface area (Å²) in [5, 5.41) is 3.09. The molecule has 0 saturated carbocycles. The van der Waals surface area contributed by atoms with Gasteiger partial charge in [-0.05, 0) is 35.7 Å². The number of anilines is 3. The van der Waals surface area contributed by atoms with Crippen LogP contribution >= 0.6 is 0 Å². The number of hydrogen-bond acceptors (Lipinski definition) is 2. The molecule has 1 amide bonds. The summed E-state index contributed by atoms with van der Waals surface area (Å²) < 4.78 is 0. The molecule has 3 aromatic rings. The van der Waals surface area contributed by atoms with Crippen molar-refractivity contribution < 1.29 is 4.79 Å². The number of carbonyl (C=O) groups is 1. The molecule has 3 aromatic carbocycles. The number of nitrogens with one attached hydrogen (secondary N) is 1. The molecule has 0 radical (unpaired) electrons. The lowest BCUT2D eigenvalue weighted by atomic mass is 10.1. The van der Waals surface area contributed by atoms with E-state index in [0.717, 1.165) is 29.9 Å². The standard InChI is InChI=1S/C22H20N2O/c25-22(16-17-8-2-1-3-9-17)23-19-11-5-7-13-21(19)24-15-14-18-10-4-6-12-20(18)24/h1-13H,14-16H2,(H,23,25). The molecule has 4 rings (SSSR count). The number of fused-ring (bicyclic) bond motifs is 1. The van der Waals surface area contributed by atoms with Crippen LogP contribution in [-0.4, -0.2) is 12.5 Å². The zero-order chi connectivity index (χ0) is 17.1. The van der Waals surface area contributed by atoms with E-state index >= 15 is 0 Å². The molecule has 0 bridgehead atoms. The monoisotopic (exact) mass is 328 g/mol. The number of hydrogen-bond donors (Lipinski definition) is 1. The quantitative estimate of drug-likeness (QED) is 0.761. The first kappa shape index (κ1) is 15.5. The smallest absolute Gasteiger partial charge is 0.228 e. The van der Waals surface area contributed by atoms with Crippen LogP contribution in [-0.2, 0) is 17.6 Å². The minimum absolute atomic E-state index is 0.00568. The number of rotatable bonds is 4. The fraction of sp³-hybridized carbons (Fsp3) is 0.136. The van der Waals surface area contributed by atoms with Crippen LogP contribution in [0.5, 0.6) is 0 Å². The van der Waals surface area contributed by atoms with Gasteiger partial charge in [-0.25, -0.2) is 0 Å². The molecule has 0 aromatic heterocycles. The second-order valence-corrected chi connectivity index (χ2v) is 6.26. The molecule has 3 heteroatoms. The highest BCUT2D eigenvalue weighted by molar-refractivity contribution is 5.96. The van der Waals surface area contributed by atoms with Crippen LogP contribution in [0.2, 0.25) is 0 Å². The van der Waals surface area contributed by atoms with Gasteiger partial charge in [-0.2, -0.15) is 0 Å². The van der Waals surface area contributed by atoms with Crippen LogP contribution in [0.4, 0.5) is 17.1 Å². The summed E-state index contributed by atoms with van der Waals surface area (Å²) in [5.74, 6) is 0.00568. The normalized spacial score (nSPS) is 12.7. The molecular weight excluding hydrogens is 308 g/mol. The van der Waals surface area contributed by atoms with Gasteiger partial charge >= 0.3 is 0 Å². The molecule has 0 atom stereocenters. The molecule has 1 aliphatic rings. The number of amides is 1. The summed E-state index contributed by atoms with van der Waals surface area (Å²) in [4.78, 5) is 14.8. The lowest BCUT2D eigenvalue weighted by Gasteiger charge is -2.23. The summed E-state index contributed by atoms with van der Waals surface area (Å²) >= 11 is 0. The maximum atomic E-state index is 12.5. The van der Waals surface area contributed by atoms with Crippen molar-refractivity contribution in [2.24, 2.45) is 0 Å². The van der Waals surface area contributed by atoms with Gasteiger partial charge < -0.3 is 10.2 Å². The zero-order valence-electron chi connectivity index (χ0n) is 14.0. The minimum atomic E-state index is 0.00568. The highest BCUT2D eigenvalue weighted by Crippen LogP contribution is 2.38. The largest absolute Gasteiger partial charge is 0.339 e. The Kier molecular flexibility index (Phi) is 4.21. The molecule has 3 nitrogen and oxygen atoms in total. The first-order valence-corrected chi connectivity index (χ1v) is 8.59. The van der Waals surface area contributed by atoms with Crippen molar-refractivity contribution in [2.75, 3.05) is 16.8 Å². The Hall–Kier alpha value is -3.07. The molecule has 0 saturated heterocycles. The molecule has 1 aliphatic heterocycles. The maximum absolute atomic E-state index is 12.5. The molecule has 25 heavy (non-hydrogen) atoms. The van der Waals surface area contributed by atoms with Crippen molar-refractivity contribution in [3.8, 4) is 0 Å². The van der Waals surface area contributed by atoms with Gasteiger partial charge in [0.1, 0.15) is 0 Å². The lowest BCUT2D eigenvalue weighted by molar-refractivity contribution is -0.115. The van der Waals surface area contributed by atoms with E-state index in [1.54, 1.807) is 0 Å². The SMILES string of the molecule is O=C(Cc1ccccc1)Nc1ccccc1N1CCc2ccccc21. The summed E-state index contributed by atoms with van der Waals surface area (Å²) in [6, 6.07) is 26.3. The zero-order valence-corrected chi connectivity index (χ0v) is 14.0. The summed E-state index contributed by atoms with van der Waals surface area (Å²) in [7, 11) is 0. The van der Waals surface area contributed by atoms with E-state index in [1.165, 1.54) is 11.3 Å². The Balaban J connectivity index is 1.57. The van der Waals surface area contributed by atoms with Gasteiger partial charge in [0.2, 0.25) is 5.91 Å². The van der Waals surface area contributed by atoms with Crippen LogP contribution < -0.4 is 10.2 Å². The molecule has 124 valence electrons. The number of para-hydroxylation sites is 3. The molecular formula is C22H20N2O. The number of nitrogens with zero attached hydrogens (tertiary/aromatic N) is 1. The Morgan fingerprint density at radius 3 is 2.36 bits per heavy atom. The lowest BCUT2D eigenvalue weighted by Crippen LogP contribution is -2.19. The molecule has 0 unspecified atom stereocenters. The molecule has 0 spiro atoms. The Morgan fingerprint density at radius 2 is 1.52 bits per heavy atom. The average Bonchev–Trinajstić information content (AvgIpc) is 3.07. The van der Waals surface area contributed by atoms with Gasteiger partial charge in [-0.1, -0.05) is 60.7 Å². The number of benzene rings is 3. The van der Waals surface area contributed by atoms with E-state index in [1.807, 2.05) is 48.5 Å². The van der Waals surface area contributed by atoms with Crippen LogP contribution in [0.25, 0.3) is 0 Å². The second-order valence-electron chi connectivity index (χ2n) is 6.26. The van der Waals surface area contributed by atoms with Gasteiger partial charge in [0.25, 0.3) is 0 Å². The van der Waals surface area contributed by atoms with Crippen molar-refractivity contribution in [3.63, 3.8) is 0 Å². The number of carbonyl (C=O) groups excluding carboxylic acids is 1. The van der Waals surface area contributed by atoms with Gasteiger partial charge in [0.05, 0.1) is 17.8 Å². The van der Waals surface area contributed by atoms with Gasteiger partial charge in [-0.15, -0.1) is 0 Å². The summed E-state index contributed by atoms with van der Waals surface area (Å²) in [6.07, 6.45) is 1.41. The fourth-order valence-electron chi connectivity index (χ4n) is 3.38. The third kappa shape index (κ3) is 3.26. The van der Waals surface area contributed by atoms with Crippen molar-refractivity contribution in [2.45, 2.75) is 12.8 Å². The Labute approximate surface area is 147 Å². The molecule has 0 aliphatic carbocycles. The maximum Gasteiger partial charge on any atom is 0.228 e. The molecule has 0 fully saturated rings. The van der Waals surface area contributed by atoms with Crippen LogP contribution in [0.1, 0.15) is 11.1 Å². The van der Waals surface area contributed by atoms with Gasteiger partial charge in [0, 0.05) is 12.2 Å². The third-order valence-electron chi connectivity index (χ3n) is 4.56. The summed E-state index contributed by atoms with van der Waals surface area (Å²) in [6.45, 7) is 0.935. The van der Waals surface area contributed by atoms with Gasteiger partial charge in [0.15, 0.2) is 0 Å². The Morgan fingerprint density at radius 1 is 0.840 bits per heavy atom. The van der Waals surface area contributed by atoms with E-state index < -0.39 is 0 Å². The van der Waals surface area contributed by atoms with Crippen molar-refractivity contribution in [3.05, 3.63) is 90.0 Å². The average molecular weight is 328 g/mol. The predicted molar refractivity (Wildman–Crippen MR) is 102 cm³/mol. The van der Waals surface area contributed by atoms with Crippen molar-refractivity contribution in [1.29, 1.82) is 0 Å². The highest BCUT2D eigenvalue weighted by atomic mass is 16.1. The first-order valence-electron chi connectivity index (χ1n) is 8.59. The van der Waals surface area contributed by atoms with E-state index in [9.17, 15) is 4.79 Å². The minimum Gasteiger partial charge on any atom is -0.339 e. The molecule has 1 N–H and O–H groups in total. The fourth-order valence-corrected chi connectivity index (χ4v) is 3.38. The van der Waals surface area contributed by atoms with Crippen molar-refractivity contribution >= 4 is 23.0 Å². The van der Waals surface area contributed by atoms with E-state index in [2.05, 4.69) is 40.5 Å². The Bertz CT molecular complexity index is 889. The van der Waals surface area contributed by atoms with Crippen LogP contribution in [0.15, 0.2) is 78.9 Å². The van der Waals surface area contributed by atoms with Crippen LogP contribution in [0, 0.1) is 0 Å². The molecule has 1 heterocycles. The predicted octanol–water partition coefficient (Wildman–Crippen LogP) is 4.56. The van der Waals surface area contributed by atoms with Gasteiger partial charge in [-0.3, -0.25) is 4.79 Å². The second kappa shape index (κ2) is 6.81.